The second kappa shape index (κ2) is 3.88. The minimum absolute atomic E-state index is 0.220. The molecule has 0 fully saturated rings. The zero-order chi connectivity index (χ0) is 12.8. The van der Waals surface area contributed by atoms with Crippen LogP contribution in [-0.2, 0) is 12.7 Å². The molecule has 2 atom stereocenters. The number of aliphatic hydroxyl groups is 1. The molecule has 96 valence electrons. The Morgan fingerprint density at radius 1 is 1.53 bits per heavy atom. The Labute approximate surface area is 95.6 Å². The lowest BCUT2D eigenvalue weighted by Gasteiger charge is -2.26. The number of alkyl halides is 3. The third kappa shape index (κ3) is 2.09. The average Bonchev–Trinajstić information content (AvgIpc) is 2.63. The van der Waals surface area contributed by atoms with Gasteiger partial charge in [-0.3, -0.25) is 0 Å². The fourth-order valence-corrected chi connectivity index (χ4v) is 1.84. The van der Waals surface area contributed by atoms with Crippen molar-refractivity contribution >= 4 is 5.82 Å². The van der Waals surface area contributed by atoms with E-state index in [9.17, 15) is 18.3 Å². The van der Waals surface area contributed by atoms with Crippen LogP contribution in [0.2, 0.25) is 0 Å². The Morgan fingerprint density at radius 3 is 2.76 bits per heavy atom. The summed E-state index contributed by atoms with van der Waals surface area (Å²) in [6.45, 7) is 0.258. The fraction of sp³-hybridized carbons (Fsp3) is 0.667. The first-order valence-corrected chi connectivity index (χ1v) is 5.12. The average molecular weight is 250 g/mol. The number of halogens is 3. The molecule has 17 heavy (non-hydrogen) atoms. The van der Waals surface area contributed by atoms with Crippen molar-refractivity contribution in [3.8, 4) is 0 Å². The normalized spacial score (nSPS) is 25.6. The summed E-state index contributed by atoms with van der Waals surface area (Å²) in [5.41, 5.74) is 4.72. The number of fused-ring (bicyclic) bond motifs is 1. The van der Waals surface area contributed by atoms with Gasteiger partial charge in [0.05, 0.1) is 6.04 Å². The zero-order valence-corrected chi connectivity index (χ0v) is 9.15. The molecule has 0 bridgehead atoms. The van der Waals surface area contributed by atoms with Crippen LogP contribution in [0.1, 0.15) is 12.1 Å². The molecule has 0 aliphatic carbocycles. The van der Waals surface area contributed by atoms with Gasteiger partial charge in [0.2, 0.25) is 0 Å². The molecule has 2 unspecified atom stereocenters. The van der Waals surface area contributed by atoms with Gasteiger partial charge in [0.25, 0.3) is 0 Å². The first kappa shape index (κ1) is 12.2. The highest BCUT2D eigenvalue weighted by molar-refractivity contribution is 5.42. The first-order chi connectivity index (χ1) is 7.80. The summed E-state index contributed by atoms with van der Waals surface area (Å²) in [6, 6.07) is 0.414. The molecule has 2 rings (SSSR count). The molecule has 1 aromatic heterocycles. The van der Waals surface area contributed by atoms with Crippen molar-refractivity contribution in [3.05, 3.63) is 11.8 Å². The number of likely N-dealkylation sites (N-methyl/N-ethyl adjacent to an activating group) is 1. The van der Waals surface area contributed by atoms with E-state index < -0.39 is 24.1 Å². The number of rotatable bonds is 0. The van der Waals surface area contributed by atoms with Crippen molar-refractivity contribution in [2.75, 3.05) is 11.9 Å². The van der Waals surface area contributed by atoms with Gasteiger partial charge in [-0.15, -0.1) is 0 Å². The number of nitrogens with two attached hydrogens (primary N) is 1. The zero-order valence-electron chi connectivity index (χ0n) is 9.15. The topological polar surface area (TPSA) is 67.3 Å². The lowest BCUT2D eigenvalue weighted by atomic mass is 10.2. The quantitative estimate of drug-likeness (QED) is 0.699. The predicted octanol–water partition coefficient (Wildman–Crippen LogP) is 0.387. The number of anilines is 1. The Kier molecular flexibility index (Phi) is 2.78. The maximum Gasteiger partial charge on any atom is 0.435 e. The highest BCUT2D eigenvalue weighted by Gasteiger charge is 2.37. The van der Waals surface area contributed by atoms with E-state index in [-0.39, 0.29) is 12.4 Å². The van der Waals surface area contributed by atoms with Crippen molar-refractivity contribution in [1.82, 2.24) is 9.78 Å². The van der Waals surface area contributed by atoms with Crippen LogP contribution in [0.4, 0.5) is 19.0 Å². The van der Waals surface area contributed by atoms with Crippen molar-refractivity contribution in [3.63, 3.8) is 0 Å². The van der Waals surface area contributed by atoms with E-state index in [4.69, 9.17) is 5.73 Å². The summed E-state index contributed by atoms with van der Waals surface area (Å²) in [5.74, 6) is 0.220. The van der Waals surface area contributed by atoms with Crippen molar-refractivity contribution in [2.45, 2.75) is 31.4 Å². The Balaban J connectivity index is 2.40. The molecule has 3 N–H and O–H groups in total. The maximum absolute atomic E-state index is 12.5. The van der Waals surface area contributed by atoms with E-state index in [1.54, 1.807) is 0 Å². The van der Waals surface area contributed by atoms with E-state index in [1.165, 1.54) is 16.6 Å². The molecule has 8 heteroatoms. The van der Waals surface area contributed by atoms with Crippen molar-refractivity contribution in [1.29, 1.82) is 0 Å². The molecule has 1 aliphatic rings. The molecule has 0 aromatic carbocycles. The van der Waals surface area contributed by atoms with Crippen LogP contribution in [-0.4, -0.2) is 34.2 Å². The molecule has 0 saturated carbocycles. The van der Waals surface area contributed by atoms with Gasteiger partial charge >= 0.3 is 6.18 Å². The molecule has 2 heterocycles. The van der Waals surface area contributed by atoms with Gasteiger partial charge in [0.15, 0.2) is 5.69 Å². The summed E-state index contributed by atoms with van der Waals surface area (Å²) in [7, 11) is 1.49. The van der Waals surface area contributed by atoms with Crippen LogP contribution in [0, 0.1) is 0 Å². The molecule has 0 saturated heterocycles. The van der Waals surface area contributed by atoms with Crippen LogP contribution in [0.5, 0.6) is 0 Å². The highest BCUT2D eigenvalue weighted by Crippen LogP contribution is 2.32. The summed E-state index contributed by atoms with van der Waals surface area (Å²) in [6.07, 6.45) is -5.11. The third-order valence-electron chi connectivity index (χ3n) is 2.86. The summed E-state index contributed by atoms with van der Waals surface area (Å²) in [5, 5.41) is 13.2. The van der Waals surface area contributed by atoms with Gasteiger partial charge in [0.1, 0.15) is 12.0 Å². The van der Waals surface area contributed by atoms with Gasteiger partial charge in [-0.25, -0.2) is 4.68 Å². The second-order valence-corrected chi connectivity index (χ2v) is 4.09. The maximum atomic E-state index is 12.5. The largest absolute Gasteiger partial charge is 0.435 e. The Morgan fingerprint density at radius 2 is 2.18 bits per heavy atom. The lowest BCUT2D eigenvalue weighted by molar-refractivity contribution is -0.141. The van der Waals surface area contributed by atoms with E-state index in [2.05, 4.69) is 5.10 Å². The molecule has 0 amide bonds. The number of hydrogen-bond acceptors (Lipinski definition) is 4. The van der Waals surface area contributed by atoms with Gasteiger partial charge in [-0.1, -0.05) is 0 Å². The molecule has 1 aliphatic heterocycles. The first-order valence-electron chi connectivity index (χ1n) is 5.12. The number of nitrogens with zero attached hydrogens (tertiary/aromatic N) is 3. The fourth-order valence-electron chi connectivity index (χ4n) is 1.84. The summed E-state index contributed by atoms with van der Waals surface area (Å²) in [4.78, 5) is 1.31. The van der Waals surface area contributed by atoms with Crippen LogP contribution in [0.15, 0.2) is 6.07 Å². The van der Waals surface area contributed by atoms with Gasteiger partial charge in [0, 0.05) is 19.7 Å². The van der Waals surface area contributed by atoms with Crippen LogP contribution < -0.4 is 10.6 Å². The lowest BCUT2D eigenvalue weighted by Crippen LogP contribution is -2.45. The van der Waals surface area contributed by atoms with Crippen molar-refractivity contribution < 1.29 is 18.3 Å². The van der Waals surface area contributed by atoms with Gasteiger partial charge in [-0.2, -0.15) is 18.3 Å². The highest BCUT2D eigenvalue weighted by atomic mass is 19.4. The minimum atomic E-state index is -4.48. The number of aryl methyl sites for hydroxylation is 1. The number of hydrogen-bond donors (Lipinski definition) is 2. The molecule has 0 spiro atoms. The molecule has 5 nitrogen and oxygen atoms in total. The summed E-state index contributed by atoms with van der Waals surface area (Å²) < 4.78 is 38.7. The standard InChI is InChI=1S/C9H13F3N4O/c1-15-7-4-6(9(10,11)12)14-16(7)3-2-5(13)8(15)17/h4-5,8,17H,2-3,13H2,1H3. The van der Waals surface area contributed by atoms with Crippen LogP contribution >= 0.6 is 0 Å². The van der Waals surface area contributed by atoms with E-state index in [0.29, 0.717) is 6.42 Å². The van der Waals surface area contributed by atoms with E-state index >= 15 is 0 Å². The van der Waals surface area contributed by atoms with Gasteiger partial charge in [-0.05, 0) is 6.42 Å². The Hall–Kier alpha value is -1.28. The summed E-state index contributed by atoms with van der Waals surface area (Å²) >= 11 is 0. The number of aromatic nitrogens is 2. The third-order valence-corrected chi connectivity index (χ3v) is 2.86. The van der Waals surface area contributed by atoms with Crippen LogP contribution in [0.3, 0.4) is 0 Å². The Bertz CT molecular complexity index is 417. The molecular weight excluding hydrogens is 237 g/mol. The van der Waals surface area contributed by atoms with Crippen molar-refractivity contribution in [2.24, 2.45) is 5.73 Å². The van der Waals surface area contributed by atoms with E-state index in [0.717, 1.165) is 6.07 Å². The van der Waals surface area contributed by atoms with Gasteiger partial charge < -0.3 is 15.7 Å². The predicted molar refractivity (Wildman–Crippen MR) is 54.2 cm³/mol. The minimum Gasteiger partial charge on any atom is -0.372 e. The number of aliphatic hydroxyl groups excluding tert-OH is 1. The molecular formula is C9H13F3N4O. The molecule has 0 radical (unpaired) electrons. The SMILES string of the molecule is CN1c2cc(C(F)(F)F)nn2CCC(N)C1O. The second-order valence-electron chi connectivity index (χ2n) is 4.09. The van der Waals surface area contributed by atoms with Crippen LogP contribution in [0.25, 0.3) is 0 Å². The molecule has 1 aromatic rings. The smallest absolute Gasteiger partial charge is 0.372 e. The van der Waals surface area contributed by atoms with E-state index in [1.807, 2.05) is 0 Å². The monoisotopic (exact) mass is 250 g/mol.